The van der Waals surface area contributed by atoms with Crippen LogP contribution in [0.2, 0.25) is 0 Å². The molecule has 2 aromatic rings. The first-order chi connectivity index (χ1) is 16.7. The summed E-state index contributed by atoms with van der Waals surface area (Å²) < 4.78 is 13.4. The van der Waals surface area contributed by atoms with Crippen LogP contribution in [-0.4, -0.2) is 45.4 Å². The lowest BCUT2D eigenvalue weighted by atomic mass is 9.90. The molecule has 7 nitrogen and oxygen atoms in total. The van der Waals surface area contributed by atoms with Gasteiger partial charge in [-0.3, -0.25) is 14.4 Å². The van der Waals surface area contributed by atoms with Crippen LogP contribution in [0, 0.1) is 12.7 Å². The van der Waals surface area contributed by atoms with Crippen LogP contribution < -0.4 is 5.32 Å². The van der Waals surface area contributed by atoms with Crippen molar-refractivity contribution < 1.29 is 18.8 Å². The number of amidine groups is 1. The number of fused-ring (bicyclic) bond motifs is 1. The third kappa shape index (κ3) is 5.54. The summed E-state index contributed by atoms with van der Waals surface area (Å²) in [6.45, 7) is 3.85. The number of benzene rings is 2. The van der Waals surface area contributed by atoms with Gasteiger partial charge in [-0.1, -0.05) is 48.0 Å². The summed E-state index contributed by atoms with van der Waals surface area (Å²) >= 11 is 0. The van der Waals surface area contributed by atoms with Gasteiger partial charge in [-0.15, -0.1) is 0 Å². The van der Waals surface area contributed by atoms with Crippen LogP contribution >= 0.6 is 0 Å². The third-order valence-corrected chi connectivity index (χ3v) is 6.08. The maximum Gasteiger partial charge on any atom is 0.250 e. The van der Waals surface area contributed by atoms with E-state index in [1.54, 1.807) is 48.4 Å². The number of carbonyl (C=O) groups is 3. The van der Waals surface area contributed by atoms with Crippen molar-refractivity contribution in [2.75, 3.05) is 6.54 Å². The molecule has 0 spiro atoms. The molecule has 0 fully saturated rings. The summed E-state index contributed by atoms with van der Waals surface area (Å²) in [5.74, 6) is -1.15. The molecule has 2 heterocycles. The molecule has 2 aliphatic rings. The van der Waals surface area contributed by atoms with E-state index in [2.05, 4.69) is 10.3 Å². The minimum absolute atomic E-state index is 0.0840. The van der Waals surface area contributed by atoms with Crippen LogP contribution in [0.1, 0.15) is 30.0 Å². The Hall–Kier alpha value is -4.07. The number of rotatable bonds is 7. The lowest BCUT2D eigenvalue weighted by Gasteiger charge is -2.44. The van der Waals surface area contributed by atoms with E-state index in [4.69, 9.17) is 0 Å². The number of allylic oxidation sites excluding steroid dienone is 2. The number of amides is 3. The van der Waals surface area contributed by atoms with Crippen molar-refractivity contribution in [3.05, 3.63) is 95.5 Å². The average Bonchev–Trinajstić information content (AvgIpc) is 2.84. The molecule has 0 saturated heterocycles. The number of aryl methyl sites for hydroxylation is 1. The standard InChI is InChI=1S/C27H27FN4O3/c1-19-6-8-20(9-7-19)16-29-25(34)18-31(17-21-10-12-22(28)13-11-21)26(35)27(2)15-24(33)30-23-5-3-4-14-32(23)27/h3-14H,15-18H2,1-2H3,(H,29,34)/t27-/m0/s1. The van der Waals surface area contributed by atoms with Crippen molar-refractivity contribution in [2.45, 2.75) is 38.9 Å². The predicted molar refractivity (Wildman–Crippen MR) is 130 cm³/mol. The Bertz CT molecular complexity index is 1220. The zero-order chi connectivity index (χ0) is 25.0. The molecule has 0 saturated carbocycles. The van der Waals surface area contributed by atoms with Crippen LogP contribution in [0.15, 0.2) is 78.0 Å². The minimum Gasteiger partial charge on any atom is -0.350 e. The highest BCUT2D eigenvalue weighted by molar-refractivity contribution is 6.09. The minimum atomic E-state index is -1.26. The molecule has 1 atom stereocenters. The van der Waals surface area contributed by atoms with Gasteiger partial charge in [-0.05, 0) is 49.3 Å². The lowest BCUT2D eigenvalue weighted by Crippen LogP contribution is -2.61. The first kappa shape index (κ1) is 24.1. The lowest BCUT2D eigenvalue weighted by molar-refractivity contribution is -0.146. The van der Waals surface area contributed by atoms with E-state index >= 15 is 0 Å². The smallest absolute Gasteiger partial charge is 0.250 e. The summed E-state index contributed by atoms with van der Waals surface area (Å²) in [7, 11) is 0. The fourth-order valence-electron chi connectivity index (χ4n) is 4.15. The zero-order valence-corrected chi connectivity index (χ0v) is 19.7. The van der Waals surface area contributed by atoms with Crippen LogP contribution in [0.4, 0.5) is 4.39 Å². The summed E-state index contributed by atoms with van der Waals surface area (Å²) in [6, 6.07) is 13.6. The quantitative estimate of drug-likeness (QED) is 0.668. The predicted octanol–water partition coefficient (Wildman–Crippen LogP) is 3.25. The third-order valence-electron chi connectivity index (χ3n) is 6.08. The molecule has 4 rings (SSSR count). The molecule has 2 aromatic carbocycles. The van der Waals surface area contributed by atoms with Gasteiger partial charge >= 0.3 is 0 Å². The zero-order valence-electron chi connectivity index (χ0n) is 19.7. The van der Waals surface area contributed by atoms with Gasteiger partial charge in [0.05, 0.1) is 13.0 Å². The molecule has 1 N–H and O–H groups in total. The van der Waals surface area contributed by atoms with Crippen molar-refractivity contribution in [1.82, 2.24) is 15.1 Å². The molecule has 0 aliphatic carbocycles. The van der Waals surface area contributed by atoms with Gasteiger partial charge in [0, 0.05) is 19.3 Å². The van der Waals surface area contributed by atoms with Crippen molar-refractivity contribution >= 4 is 23.6 Å². The second kappa shape index (κ2) is 10.0. The van der Waals surface area contributed by atoms with Crippen molar-refractivity contribution in [1.29, 1.82) is 0 Å². The van der Waals surface area contributed by atoms with Crippen molar-refractivity contribution in [2.24, 2.45) is 4.99 Å². The van der Waals surface area contributed by atoms with Crippen molar-refractivity contribution in [3.8, 4) is 0 Å². The number of carbonyl (C=O) groups excluding carboxylic acids is 3. The van der Waals surface area contributed by atoms with Gasteiger partial charge in [0.25, 0.3) is 5.91 Å². The van der Waals surface area contributed by atoms with E-state index < -0.39 is 23.2 Å². The normalized spacial score (nSPS) is 18.7. The van der Waals surface area contributed by atoms with E-state index in [1.165, 1.54) is 17.0 Å². The molecule has 0 radical (unpaired) electrons. The van der Waals surface area contributed by atoms with Gasteiger partial charge in [-0.25, -0.2) is 4.39 Å². The Morgan fingerprint density at radius 1 is 1.09 bits per heavy atom. The van der Waals surface area contributed by atoms with E-state index in [-0.39, 0.29) is 25.4 Å². The topological polar surface area (TPSA) is 82.1 Å². The highest BCUT2D eigenvalue weighted by atomic mass is 19.1. The molecular formula is C27H27FN4O3. The first-order valence-corrected chi connectivity index (χ1v) is 11.4. The maximum absolute atomic E-state index is 13.9. The Balaban J connectivity index is 1.56. The fourth-order valence-corrected chi connectivity index (χ4v) is 4.15. The summed E-state index contributed by atoms with van der Waals surface area (Å²) in [6.07, 6.45) is 6.75. The number of hydrogen-bond acceptors (Lipinski definition) is 4. The number of aliphatic imine (C=N–C) groups is 1. The number of halogens is 1. The SMILES string of the molecule is Cc1ccc(CNC(=O)CN(Cc2ccc(F)cc2)C(=O)[C@]2(C)CC(=O)N=C3C=CC=CN32)cc1. The second-order valence-electron chi connectivity index (χ2n) is 8.94. The molecule has 8 heteroatoms. The highest BCUT2D eigenvalue weighted by Gasteiger charge is 2.47. The van der Waals surface area contributed by atoms with E-state index in [0.29, 0.717) is 17.9 Å². The van der Waals surface area contributed by atoms with Gasteiger partial charge < -0.3 is 15.1 Å². The number of nitrogens with one attached hydrogen (secondary N) is 1. The van der Waals surface area contributed by atoms with Gasteiger partial charge in [-0.2, -0.15) is 4.99 Å². The van der Waals surface area contributed by atoms with E-state index in [0.717, 1.165) is 11.1 Å². The molecule has 0 bridgehead atoms. The molecule has 0 aromatic heterocycles. The van der Waals surface area contributed by atoms with Gasteiger partial charge in [0.2, 0.25) is 11.8 Å². The Morgan fingerprint density at radius 2 is 1.77 bits per heavy atom. The maximum atomic E-state index is 13.9. The Labute approximate surface area is 203 Å². The summed E-state index contributed by atoms with van der Waals surface area (Å²) in [4.78, 5) is 46.3. The van der Waals surface area contributed by atoms with E-state index in [1.807, 2.05) is 31.2 Å². The Morgan fingerprint density at radius 3 is 2.49 bits per heavy atom. The second-order valence-corrected chi connectivity index (χ2v) is 8.94. The fraction of sp³-hybridized carbons (Fsp3) is 0.259. The van der Waals surface area contributed by atoms with Crippen LogP contribution in [0.25, 0.3) is 0 Å². The number of nitrogens with zero attached hydrogens (tertiary/aromatic N) is 3. The molecule has 0 unspecified atom stereocenters. The molecule has 3 amide bonds. The molecule has 2 aliphatic heterocycles. The summed E-state index contributed by atoms with van der Waals surface area (Å²) in [5.41, 5.74) is 1.47. The van der Waals surface area contributed by atoms with Crippen LogP contribution in [0.5, 0.6) is 0 Å². The average molecular weight is 475 g/mol. The molecule has 35 heavy (non-hydrogen) atoms. The highest BCUT2D eigenvalue weighted by Crippen LogP contribution is 2.30. The summed E-state index contributed by atoms with van der Waals surface area (Å²) in [5, 5.41) is 2.86. The number of hydrogen-bond donors (Lipinski definition) is 1. The largest absolute Gasteiger partial charge is 0.350 e. The van der Waals surface area contributed by atoms with Crippen LogP contribution in [0.3, 0.4) is 0 Å². The monoisotopic (exact) mass is 474 g/mol. The van der Waals surface area contributed by atoms with Crippen molar-refractivity contribution in [3.63, 3.8) is 0 Å². The van der Waals surface area contributed by atoms with Gasteiger partial charge in [0.1, 0.15) is 17.2 Å². The Kier molecular flexibility index (Phi) is 6.91. The molecular weight excluding hydrogens is 447 g/mol. The van der Waals surface area contributed by atoms with Gasteiger partial charge in [0.15, 0.2) is 0 Å². The van der Waals surface area contributed by atoms with Crippen LogP contribution in [-0.2, 0) is 27.5 Å². The first-order valence-electron chi connectivity index (χ1n) is 11.4. The van der Waals surface area contributed by atoms with E-state index in [9.17, 15) is 18.8 Å². The molecule has 180 valence electrons.